The standard InChI is InChI=1S/C17H11F3N2O3/c18-17(19,20)15-9-13(10-4-2-1-3-5-10)22(21-15)11-6-7-14(23)12(8-11)16(24)25/h1-9,23H,(H,24,25). The van der Waals surface area contributed by atoms with Crippen LogP contribution in [0.4, 0.5) is 13.2 Å². The number of phenols is 1. The molecule has 2 N–H and O–H groups in total. The normalized spacial score (nSPS) is 11.5. The van der Waals surface area contributed by atoms with Crippen LogP contribution in [0.25, 0.3) is 16.9 Å². The van der Waals surface area contributed by atoms with Gasteiger partial charge in [-0.2, -0.15) is 18.3 Å². The Hall–Kier alpha value is -3.29. The average Bonchev–Trinajstić information content (AvgIpc) is 3.01. The van der Waals surface area contributed by atoms with E-state index in [1.54, 1.807) is 30.3 Å². The number of rotatable bonds is 3. The molecule has 0 unspecified atom stereocenters. The van der Waals surface area contributed by atoms with E-state index in [0.29, 0.717) is 5.56 Å². The van der Waals surface area contributed by atoms with Gasteiger partial charge in [-0.3, -0.25) is 0 Å². The Balaban J connectivity index is 2.23. The summed E-state index contributed by atoms with van der Waals surface area (Å²) >= 11 is 0. The number of hydrogen-bond acceptors (Lipinski definition) is 3. The van der Waals surface area contributed by atoms with Crippen molar-refractivity contribution in [2.24, 2.45) is 0 Å². The summed E-state index contributed by atoms with van der Waals surface area (Å²) < 4.78 is 40.2. The van der Waals surface area contributed by atoms with Gasteiger partial charge in [0.05, 0.1) is 11.4 Å². The van der Waals surface area contributed by atoms with Crippen molar-refractivity contribution in [3.8, 4) is 22.7 Å². The first kappa shape index (κ1) is 16.6. The highest BCUT2D eigenvalue weighted by Gasteiger charge is 2.35. The number of alkyl halides is 3. The largest absolute Gasteiger partial charge is 0.507 e. The lowest BCUT2D eigenvalue weighted by Crippen LogP contribution is -2.08. The first-order valence-electron chi connectivity index (χ1n) is 7.07. The lowest BCUT2D eigenvalue weighted by Gasteiger charge is -2.09. The van der Waals surface area contributed by atoms with Crippen molar-refractivity contribution in [2.75, 3.05) is 0 Å². The van der Waals surface area contributed by atoms with Gasteiger partial charge in [0.1, 0.15) is 11.3 Å². The van der Waals surface area contributed by atoms with E-state index < -0.39 is 29.2 Å². The number of hydrogen-bond donors (Lipinski definition) is 2. The average molecular weight is 348 g/mol. The fourth-order valence-electron chi connectivity index (χ4n) is 2.36. The zero-order valence-corrected chi connectivity index (χ0v) is 12.5. The molecule has 0 fully saturated rings. The number of benzene rings is 2. The second kappa shape index (κ2) is 5.97. The molecule has 0 bridgehead atoms. The number of aromatic carboxylic acids is 1. The van der Waals surface area contributed by atoms with Crippen molar-refractivity contribution in [3.63, 3.8) is 0 Å². The molecule has 0 aliphatic carbocycles. The quantitative estimate of drug-likeness (QED) is 0.751. The van der Waals surface area contributed by atoms with Crippen molar-refractivity contribution < 1.29 is 28.2 Å². The number of nitrogens with zero attached hydrogens (tertiary/aromatic N) is 2. The summed E-state index contributed by atoms with van der Waals surface area (Å²) in [5.41, 5.74) is -0.813. The second-order valence-electron chi connectivity index (χ2n) is 5.20. The van der Waals surface area contributed by atoms with E-state index >= 15 is 0 Å². The molecule has 5 nitrogen and oxygen atoms in total. The van der Waals surface area contributed by atoms with E-state index in [2.05, 4.69) is 5.10 Å². The molecular formula is C17H11F3N2O3. The van der Waals surface area contributed by atoms with Crippen LogP contribution in [0, 0.1) is 0 Å². The number of carbonyl (C=O) groups is 1. The SMILES string of the molecule is O=C(O)c1cc(-n2nc(C(F)(F)F)cc2-c2ccccc2)ccc1O. The van der Waals surface area contributed by atoms with Gasteiger partial charge in [-0.05, 0) is 24.3 Å². The molecule has 0 amide bonds. The van der Waals surface area contributed by atoms with Crippen molar-refractivity contribution in [1.82, 2.24) is 9.78 Å². The zero-order valence-electron chi connectivity index (χ0n) is 12.5. The molecule has 128 valence electrons. The Bertz CT molecular complexity index is 934. The molecule has 0 aliphatic heterocycles. The summed E-state index contributed by atoms with van der Waals surface area (Å²) in [5.74, 6) is -1.88. The fourth-order valence-corrected chi connectivity index (χ4v) is 2.36. The van der Waals surface area contributed by atoms with Crippen LogP contribution < -0.4 is 0 Å². The molecule has 0 radical (unpaired) electrons. The minimum Gasteiger partial charge on any atom is -0.507 e. The number of aromatic nitrogens is 2. The highest BCUT2D eigenvalue weighted by atomic mass is 19.4. The molecule has 1 aromatic heterocycles. The van der Waals surface area contributed by atoms with Crippen LogP contribution in [-0.2, 0) is 6.18 Å². The topological polar surface area (TPSA) is 75.3 Å². The smallest absolute Gasteiger partial charge is 0.435 e. The molecule has 0 atom stereocenters. The molecule has 0 aliphatic rings. The minimum atomic E-state index is -4.65. The predicted octanol–water partition coefficient (Wildman–Crippen LogP) is 3.96. The summed E-state index contributed by atoms with van der Waals surface area (Å²) in [7, 11) is 0. The highest BCUT2D eigenvalue weighted by Crippen LogP contribution is 2.33. The summed E-state index contributed by atoms with van der Waals surface area (Å²) in [6, 6.07) is 12.6. The van der Waals surface area contributed by atoms with Crippen LogP contribution in [0.5, 0.6) is 5.75 Å². The van der Waals surface area contributed by atoms with E-state index in [4.69, 9.17) is 5.11 Å². The third-order valence-electron chi connectivity index (χ3n) is 3.52. The van der Waals surface area contributed by atoms with Gasteiger partial charge in [0.2, 0.25) is 0 Å². The molecule has 0 saturated heterocycles. The maximum absolute atomic E-state index is 13.1. The van der Waals surface area contributed by atoms with Crippen molar-refractivity contribution in [1.29, 1.82) is 0 Å². The first-order valence-corrected chi connectivity index (χ1v) is 7.07. The summed E-state index contributed by atoms with van der Waals surface area (Å²) in [6.07, 6.45) is -4.65. The number of carboxylic acids is 1. The molecule has 0 spiro atoms. The van der Waals surface area contributed by atoms with E-state index in [1.807, 2.05) is 0 Å². The minimum absolute atomic E-state index is 0.0875. The Labute approximate surface area is 139 Å². The van der Waals surface area contributed by atoms with Gasteiger partial charge in [0.15, 0.2) is 5.69 Å². The van der Waals surface area contributed by atoms with Gasteiger partial charge in [0, 0.05) is 5.56 Å². The Morgan fingerprint density at radius 1 is 1.04 bits per heavy atom. The van der Waals surface area contributed by atoms with Gasteiger partial charge in [0.25, 0.3) is 0 Å². The van der Waals surface area contributed by atoms with Gasteiger partial charge in [-0.15, -0.1) is 0 Å². The fraction of sp³-hybridized carbons (Fsp3) is 0.0588. The van der Waals surface area contributed by atoms with E-state index in [0.717, 1.165) is 22.9 Å². The Morgan fingerprint density at radius 3 is 2.32 bits per heavy atom. The Morgan fingerprint density at radius 2 is 1.72 bits per heavy atom. The van der Waals surface area contributed by atoms with Crippen LogP contribution in [0.3, 0.4) is 0 Å². The van der Waals surface area contributed by atoms with Crippen LogP contribution in [0.15, 0.2) is 54.6 Å². The molecule has 8 heteroatoms. The monoisotopic (exact) mass is 348 g/mol. The van der Waals surface area contributed by atoms with E-state index in [-0.39, 0.29) is 11.4 Å². The molecular weight excluding hydrogens is 337 g/mol. The number of aromatic hydroxyl groups is 1. The maximum Gasteiger partial charge on any atom is 0.435 e. The van der Waals surface area contributed by atoms with Crippen LogP contribution >= 0.6 is 0 Å². The summed E-state index contributed by atoms with van der Waals surface area (Å²) in [5, 5.41) is 22.2. The Kier molecular flexibility index (Phi) is 3.96. The van der Waals surface area contributed by atoms with Crippen LogP contribution in [0.1, 0.15) is 16.1 Å². The number of halogens is 3. The van der Waals surface area contributed by atoms with Gasteiger partial charge >= 0.3 is 12.1 Å². The zero-order chi connectivity index (χ0) is 18.2. The van der Waals surface area contributed by atoms with Crippen molar-refractivity contribution >= 4 is 5.97 Å². The van der Waals surface area contributed by atoms with Crippen molar-refractivity contribution in [3.05, 3.63) is 65.9 Å². The summed E-state index contributed by atoms with van der Waals surface area (Å²) in [4.78, 5) is 11.2. The van der Waals surface area contributed by atoms with E-state index in [1.165, 1.54) is 6.07 Å². The third-order valence-corrected chi connectivity index (χ3v) is 3.52. The number of carboxylic acid groups (broad SMARTS) is 1. The van der Waals surface area contributed by atoms with Crippen LogP contribution in [0.2, 0.25) is 0 Å². The lowest BCUT2D eigenvalue weighted by atomic mass is 10.1. The van der Waals surface area contributed by atoms with Crippen LogP contribution in [-0.4, -0.2) is 26.0 Å². The van der Waals surface area contributed by atoms with Crippen molar-refractivity contribution in [2.45, 2.75) is 6.18 Å². The van der Waals surface area contributed by atoms with Gasteiger partial charge < -0.3 is 10.2 Å². The first-order chi connectivity index (χ1) is 11.8. The second-order valence-corrected chi connectivity index (χ2v) is 5.20. The molecule has 2 aromatic carbocycles. The van der Waals surface area contributed by atoms with E-state index in [9.17, 15) is 23.1 Å². The predicted molar refractivity (Wildman–Crippen MR) is 82.6 cm³/mol. The highest BCUT2D eigenvalue weighted by molar-refractivity contribution is 5.91. The molecule has 0 saturated carbocycles. The molecule has 3 aromatic rings. The summed E-state index contributed by atoms with van der Waals surface area (Å²) in [6.45, 7) is 0. The maximum atomic E-state index is 13.1. The van der Waals surface area contributed by atoms with Gasteiger partial charge in [-0.1, -0.05) is 30.3 Å². The molecule has 25 heavy (non-hydrogen) atoms. The third kappa shape index (κ3) is 3.18. The molecule has 3 rings (SSSR count). The van der Waals surface area contributed by atoms with Gasteiger partial charge in [-0.25, -0.2) is 9.48 Å². The lowest BCUT2D eigenvalue weighted by molar-refractivity contribution is -0.141. The molecule has 1 heterocycles.